The van der Waals surface area contributed by atoms with Crippen LogP contribution < -0.4 is 0 Å². The molecular weight excluding hydrogens is 275 g/mol. The second-order valence-electron chi connectivity index (χ2n) is 2.87. The summed E-state index contributed by atoms with van der Waals surface area (Å²) < 4.78 is 3.03. The van der Waals surface area contributed by atoms with Gasteiger partial charge in [0.1, 0.15) is 0 Å². The lowest BCUT2D eigenvalue weighted by Crippen LogP contribution is -1.86. The van der Waals surface area contributed by atoms with E-state index in [0.29, 0.717) is 0 Å². The molecule has 0 atom stereocenters. The summed E-state index contributed by atoms with van der Waals surface area (Å²) in [6.07, 6.45) is 2.04. The Hall–Kier alpha value is -0.840. The van der Waals surface area contributed by atoms with E-state index in [4.69, 9.17) is 0 Å². The summed E-state index contributed by atoms with van der Waals surface area (Å²) in [4.78, 5) is 4.43. The van der Waals surface area contributed by atoms with Crippen LogP contribution in [0.2, 0.25) is 0 Å². The zero-order valence-electron chi connectivity index (χ0n) is 7.24. The van der Waals surface area contributed by atoms with Crippen molar-refractivity contribution in [1.82, 2.24) is 9.55 Å². The minimum Gasteiger partial charge on any atom is -0.329 e. The maximum Gasteiger partial charge on any atom is 0.171 e. The summed E-state index contributed by atoms with van der Waals surface area (Å²) in [5, 5.41) is 0. The first-order chi connectivity index (χ1) is 6.27. The molecule has 2 aromatic rings. The average molecular weight is 284 g/mol. The van der Waals surface area contributed by atoms with Crippen molar-refractivity contribution in [2.75, 3.05) is 0 Å². The molecular formula is C10H9IN2. The van der Waals surface area contributed by atoms with Gasteiger partial charge in [0.2, 0.25) is 0 Å². The lowest BCUT2D eigenvalue weighted by molar-refractivity contribution is 0.877. The van der Waals surface area contributed by atoms with Crippen LogP contribution in [0.1, 0.15) is 0 Å². The van der Waals surface area contributed by atoms with E-state index in [1.807, 2.05) is 36.0 Å². The molecule has 2 rings (SSSR count). The van der Waals surface area contributed by atoms with Crippen molar-refractivity contribution in [2.24, 2.45) is 7.05 Å². The van der Waals surface area contributed by atoms with Crippen molar-refractivity contribution in [1.29, 1.82) is 0 Å². The highest BCUT2D eigenvalue weighted by Crippen LogP contribution is 2.17. The van der Waals surface area contributed by atoms with E-state index < -0.39 is 0 Å². The fourth-order valence-corrected chi connectivity index (χ4v) is 1.59. The van der Waals surface area contributed by atoms with Gasteiger partial charge in [-0.1, -0.05) is 30.3 Å². The molecule has 0 aliphatic rings. The second kappa shape index (κ2) is 3.49. The molecule has 0 aliphatic carbocycles. The minimum absolute atomic E-state index is 1.01. The summed E-state index contributed by atoms with van der Waals surface area (Å²) in [5.41, 5.74) is 2.20. The predicted molar refractivity (Wildman–Crippen MR) is 61.4 cm³/mol. The smallest absolute Gasteiger partial charge is 0.171 e. The number of halogens is 1. The van der Waals surface area contributed by atoms with Gasteiger partial charge >= 0.3 is 0 Å². The first-order valence-electron chi connectivity index (χ1n) is 4.01. The third-order valence-electron chi connectivity index (χ3n) is 1.89. The van der Waals surface area contributed by atoms with Crippen LogP contribution in [-0.2, 0) is 7.05 Å². The van der Waals surface area contributed by atoms with Crippen LogP contribution in [0.15, 0.2) is 36.5 Å². The molecule has 0 N–H and O–H groups in total. The summed E-state index contributed by atoms with van der Waals surface area (Å²) >= 11 is 2.22. The van der Waals surface area contributed by atoms with E-state index in [2.05, 4.69) is 39.7 Å². The number of hydrogen-bond donors (Lipinski definition) is 0. The van der Waals surface area contributed by atoms with E-state index in [-0.39, 0.29) is 0 Å². The van der Waals surface area contributed by atoms with Crippen LogP contribution in [0.5, 0.6) is 0 Å². The molecule has 0 bridgehead atoms. The third kappa shape index (κ3) is 1.75. The highest BCUT2D eigenvalue weighted by atomic mass is 127. The van der Waals surface area contributed by atoms with Crippen LogP contribution in [0.4, 0.5) is 0 Å². The van der Waals surface area contributed by atoms with Gasteiger partial charge in [0.05, 0.1) is 5.69 Å². The van der Waals surface area contributed by atoms with Gasteiger partial charge in [-0.15, -0.1) is 0 Å². The number of rotatable bonds is 1. The molecule has 0 radical (unpaired) electrons. The topological polar surface area (TPSA) is 17.8 Å². The zero-order valence-corrected chi connectivity index (χ0v) is 9.39. The Kier molecular flexibility index (Phi) is 2.35. The molecule has 0 fully saturated rings. The summed E-state index contributed by atoms with van der Waals surface area (Å²) in [6, 6.07) is 10.2. The molecule has 0 amide bonds. The highest BCUT2D eigenvalue weighted by Gasteiger charge is 2.02. The van der Waals surface area contributed by atoms with Gasteiger partial charge in [0.15, 0.2) is 3.83 Å². The molecule has 0 unspecified atom stereocenters. The number of imidazole rings is 1. The largest absolute Gasteiger partial charge is 0.329 e. The van der Waals surface area contributed by atoms with Gasteiger partial charge < -0.3 is 4.57 Å². The zero-order chi connectivity index (χ0) is 9.26. The molecule has 1 aromatic carbocycles. The fraction of sp³-hybridized carbons (Fsp3) is 0.100. The number of hydrogen-bond acceptors (Lipinski definition) is 1. The maximum atomic E-state index is 4.43. The van der Waals surface area contributed by atoms with Gasteiger partial charge in [-0.25, -0.2) is 4.98 Å². The van der Waals surface area contributed by atoms with Crippen molar-refractivity contribution in [3.63, 3.8) is 0 Å². The van der Waals surface area contributed by atoms with Crippen molar-refractivity contribution in [3.05, 3.63) is 40.4 Å². The Balaban J connectivity index is 2.48. The lowest BCUT2D eigenvalue weighted by atomic mass is 10.2. The van der Waals surface area contributed by atoms with Crippen molar-refractivity contribution in [2.45, 2.75) is 0 Å². The number of aromatic nitrogens is 2. The van der Waals surface area contributed by atoms with E-state index >= 15 is 0 Å². The lowest BCUT2D eigenvalue weighted by Gasteiger charge is -1.92. The highest BCUT2D eigenvalue weighted by molar-refractivity contribution is 14.1. The average Bonchev–Trinajstić information content (AvgIpc) is 2.49. The van der Waals surface area contributed by atoms with Gasteiger partial charge in [0.25, 0.3) is 0 Å². The Bertz CT molecular complexity index is 387. The van der Waals surface area contributed by atoms with E-state index in [1.165, 1.54) is 5.56 Å². The molecule has 1 aromatic heterocycles. The van der Waals surface area contributed by atoms with Crippen LogP contribution in [0.3, 0.4) is 0 Å². The Morgan fingerprint density at radius 1 is 1.23 bits per heavy atom. The number of aryl methyl sites for hydroxylation is 1. The maximum absolute atomic E-state index is 4.43. The molecule has 0 aliphatic heterocycles. The Morgan fingerprint density at radius 2 is 1.92 bits per heavy atom. The predicted octanol–water partition coefficient (Wildman–Crippen LogP) is 2.69. The van der Waals surface area contributed by atoms with E-state index in [1.54, 1.807) is 0 Å². The first kappa shape index (κ1) is 8.74. The van der Waals surface area contributed by atoms with Crippen molar-refractivity contribution in [3.8, 4) is 11.3 Å². The van der Waals surface area contributed by atoms with Crippen molar-refractivity contribution >= 4 is 22.6 Å². The Labute approximate surface area is 90.8 Å². The summed E-state index contributed by atoms with van der Waals surface area (Å²) in [6.45, 7) is 0. The van der Waals surface area contributed by atoms with Crippen LogP contribution in [0, 0.1) is 3.83 Å². The molecule has 66 valence electrons. The fourth-order valence-electron chi connectivity index (χ4n) is 1.19. The molecule has 0 saturated heterocycles. The quantitative estimate of drug-likeness (QED) is 0.736. The molecule has 0 saturated carbocycles. The number of benzene rings is 1. The monoisotopic (exact) mass is 284 g/mol. The first-order valence-corrected chi connectivity index (χ1v) is 5.09. The summed E-state index contributed by atoms with van der Waals surface area (Å²) in [7, 11) is 2.00. The van der Waals surface area contributed by atoms with Gasteiger partial charge in [0, 0.05) is 18.8 Å². The standard InChI is InChI=1S/C10H9IN2/c1-13-7-9(12-10(13)11)8-5-3-2-4-6-8/h2-7H,1H3. The molecule has 13 heavy (non-hydrogen) atoms. The van der Waals surface area contributed by atoms with Crippen molar-refractivity contribution < 1.29 is 0 Å². The van der Waals surface area contributed by atoms with E-state index in [0.717, 1.165) is 9.53 Å². The third-order valence-corrected chi connectivity index (χ3v) is 2.89. The SMILES string of the molecule is Cn1cc(-c2ccccc2)nc1I. The molecule has 3 heteroatoms. The second-order valence-corrected chi connectivity index (χ2v) is 3.84. The molecule has 1 heterocycles. The minimum atomic E-state index is 1.01. The Morgan fingerprint density at radius 3 is 2.46 bits per heavy atom. The summed E-state index contributed by atoms with van der Waals surface area (Å²) in [5.74, 6) is 0. The van der Waals surface area contributed by atoms with Crippen LogP contribution in [0.25, 0.3) is 11.3 Å². The van der Waals surface area contributed by atoms with Crippen LogP contribution >= 0.6 is 22.6 Å². The normalized spacial score (nSPS) is 10.3. The molecule has 2 nitrogen and oxygen atoms in total. The molecule has 0 spiro atoms. The van der Waals surface area contributed by atoms with Gasteiger partial charge in [-0.3, -0.25) is 0 Å². The van der Waals surface area contributed by atoms with Crippen LogP contribution in [-0.4, -0.2) is 9.55 Å². The van der Waals surface area contributed by atoms with Gasteiger partial charge in [-0.05, 0) is 22.6 Å². The van der Waals surface area contributed by atoms with Gasteiger partial charge in [-0.2, -0.15) is 0 Å². The number of nitrogens with zero attached hydrogens (tertiary/aromatic N) is 2. The van der Waals surface area contributed by atoms with E-state index in [9.17, 15) is 0 Å².